The summed E-state index contributed by atoms with van der Waals surface area (Å²) >= 11 is 0. The van der Waals surface area contributed by atoms with Crippen molar-refractivity contribution in [3.63, 3.8) is 0 Å². The Hall–Kier alpha value is -2.42. The number of benzene rings is 2. The maximum atomic E-state index is 12.4. The van der Waals surface area contributed by atoms with E-state index in [4.69, 9.17) is 9.73 Å². The molecule has 0 aliphatic rings. The number of sulfonamides is 1. The summed E-state index contributed by atoms with van der Waals surface area (Å²) in [4.78, 5) is 6.98. The molecule has 0 saturated carbocycles. The SMILES string of the molecule is CCNC(=NCc1cccc(S(=O)(=O)NCCOC)c1)N(C)Cc1ccc(C)cc1. The van der Waals surface area contributed by atoms with Crippen LogP contribution in [0.5, 0.6) is 0 Å². The molecule has 30 heavy (non-hydrogen) atoms. The maximum Gasteiger partial charge on any atom is 0.240 e. The minimum Gasteiger partial charge on any atom is -0.383 e. The van der Waals surface area contributed by atoms with E-state index >= 15 is 0 Å². The van der Waals surface area contributed by atoms with Crippen LogP contribution in [0.15, 0.2) is 58.4 Å². The molecule has 0 fully saturated rings. The largest absolute Gasteiger partial charge is 0.383 e. The van der Waals surface area contributed by atoms with Crippen molar-refractivity contribution in [3.8, 4) is 0 Å². The van der Waals surface area contributed by atoms with Gasteiger partial charge in [0, 0.05) is 33.8 Å². The summed E-state index contributed by atoms with van der Waals surface area (Å²) in [6.07, 6.45) is 0. The number of guanidine groups is 1. The molecular formula is C22H32N4O3S. The topological polar surface area (TPSA) is 83.0 Å². The van der Waals surface area contributed by atoms with Crippen LogP contribution in [-0.4, -0.2) is 53.1 Å². The van der Waals surface area contributed by atoms with Crippen LogP contribution >= 0.6 is 0 Å². The number of rotatable bonds is 10. The molecule has 2 rings (SSSR count). The fourth-order valence-electron chi connectivity index (χ4n) is 2.85. The smallest absolute Gasteiger partial charge is 0.240 e. The van der Waals surface area contributed by atoms with Crippen molar-refractivity contribution in [1.82, 2.24) is 14.9 Å². The Bertz CT molecular complexity index is 928. The van der Waals surface area contributed by atoms with Crippen LogP contribution in [-0.2, 0) is 27.8 Å². The third kappa shape index (κ3) is 7.44. The van der Waals surface area contributed by atoms with Gasteiger partial charge in [0.2, 0.25) is 10.0 Å². The van der Waals surface area contributed by atoms with Gasteiger partial charge in [-0.3, -0.25) is 0 Å². The van der Waals surface area contributed by atoms with Gasteiger partial charge in [-0.15, -0.1) is 0 Å². The highest BCUT2D eigenvalue weighted by molar-refractivity contribution is 7.89. The van der Waals surface area contributed by atoms with E-state index in [1.165, 1.54) is 18.2 Å². The van der Waals surface area contributed by atoms with Crippen molar-refractivity contribution in [2.75, 3.05) is 33.9 Å². The van der Waals surface area contributed by atoms with Gasteiger partial charge in [-0.05, 0) is 37.1 Å². The van der Waals surface area contributed by atoms with Crippen LogP contribution in [0.1, 0.15) is 23.6 Å². The molecule has 8 heteroatoms. The number of aryl methyl sites for hydroxylation is 1. The lowest BCUT2D eigenvalue weighted by molar-refractivity contribution is 0.204. The molecule has 0 amide bonds. The second-order valence-corrected chi connectivity index (χ2v) is 8.82. The molecule has 0 bridgehead atoms. The quantitative estimate of drug-likeness (QED) is 0.342. The fourth-order valence-corrected chi connectivity index (χ4v) is 3.93. The molecule has 0 atom stereocenters. The highest BCUT2D eigenvalue weighted by Gasteiger charge is 2.14. The second-order valence-electron chi connectivity index (χ2n) is 7.05. The van der Waals surface area contributed by atoms with Gasteiger partial charge in [-0.2, -0.15) is 0 Å². The predicted octanol–water partition coefficient (Wildman–Crippen LogP) is 2.52. The van der Waals surface area contributed by atoms with E-state index in [-0.39, 0.29) is 11.4 Å². The summed E-state index contributed by atoms with van der Waals surface area (Å²) in [7, 11) is -0.0484. The van der Waals surface area contributed by atoms with Crippen molar-refractivity contribution in [2.24, 2.45) is 4.99 Å². The monoisotopic (exact) mass is 432 g/mol. The first-order chi connectivity index (χ1) is 14.4. The number of ether oxygens (including phenoxy) is 1. The molecule has 2 N–H and O–H groups in total. The zero-order valence-corrected chi connectivity index (χ0v) is 19.0. The zero-order chi connectivity index (χ0) is 22.0. The lowest BCUT2D eigenvalue weighted by Crippen LogP contribution is -2.38. The zero-order valence-electron chi connectivity index (χ0n) is 18.2. The summed E-state index contributed by atoms with van der Waals surface area (Å²) in [6, 6.07) is 15.3. The van der Waals surface area contributed by atoms with Crippen molar-refractivity contribution < 1.29 is 13.2 Å². The van der Waals surface area contributed by atoms with Crippen LogP contribution in [0.4, 0.5) is 0 Å². The minimum atomic E-state index is -3.57. The summed E-state index contributed by atoms with van der Waals surface area (Å²) in [6.45, 7) is 6.49. The van der Waals surface area contributed by atoms with Crippen LogP contribution in [0, 0.1) is 6.92 Å². The first kappa shape index (κ1) is 23.9. The molecule has 0 heterocycles. The van der Waals surface area contributed by atoms with Crippen molar-refractivity contribution in [3.05, 3.63) is 65.2 Å². The predicted molar refractivity (Wildman–Crippen MR) is 121 cm³/mol. The third-order valence-corrected chi connectivity index (χ3v) is 5.91. The average Bonchev–Trinajstić information content (AvgIpc) is 2.73. The van der Waals surface area contributed by atoms with Crippen LogP contribution in [0.2, 0.25) is 0 Å². The van der Waals surface area contributed by atoms with E-state index in [2.05, 4.69) is 46.1 Å². The Morgan fingerprint density at radius 3 is 2.53 bits per heavy atom. The first-order valence-corrected chi connectivity index (χ1v) is 11.5. The molecule has 0 aromatic heterocycles. The van der Waals surface area contributed by atoms with Crippen molar-refractivity contribution in [2.45, 2.75) is 31.8 Å². The van der Waals surface area contributed by atoms with Crippen LogP contribution in [0.3, 0.4) is 0 Å². The van der Waals surface area contributed by atoms with Gasteiger partial charge < -0.3 is 15.0 Å². The highest BCUT2D eigenvalue weighted by Crippen LogP contribution is 2.13. The molecule has 2 aromatic rings. The van der Waals surface area contributed by atoms with Gasteiger partial charge in [-0.1, -0.05) is 42.0 Å². The molecule has 164 valence electrons. The maximum absolute atomic E-state index is 12.4. The van der Waals surface area contributed by atoms with Crippen LogP contribution in [0.25, 0.3) is 0 Å². The van der Waals surface area contributed by atoms with Gasteiger partial charge in [0.1, 0.15) is 0 Å². The Labute approximate surface area is 180 Å². The molecule has 0 unspecified atom stereocenters. The van der Waals surface area contributed by atoms with Crippen molar-refractivity contribution >= 4 is 16.0 Å². The lowest BCUT2D eigenvalue weighted by Gasteiger charge is -2.22. The normalized spacial score (nSPS) is 12.1. The van der Waals surface area contributed by atoms with Crippen molar-refractivity contribution in [1.29, 1.82) is 0 Å². The van der Waals surface area contributed by atoms with E-state index < -0.39 is 10.0 Å². The number of hydrogen-bond acceptors (Lipinski definition) is 4. The van der Waals surface area contributed by atoms with Gasteiger partial charge in [0.05, 0.1) is 18.0 Å². The molecule has 0 radical (unpaired) electrons. The number of hydrogen-bond donors (Lipinski definition) is 2. The number of aliphatic imine (C=N–C) groups is 1. The summed E-state index contributed by atoms with van der Waals surface area (Å²) in [5.74, 6) is 0.768. The van der Waals surface area contributed by atoms with Gasteiger partial charge in [0.25, 0.3) is 0 Å². The molecule has 0 spiro atoms. The second kappa shape index (κ2) is 11.7. The van der Waals surface area contributed by atoms with E-state index in [0.717, 1.165) is 24.6 Å². The first-order valence-electron chi connectivity index (χ1n) is 9.98. The molecule has 0 aliphatic carbocycles. The average molecular weight is 433 g/mol. The summed E-state index contributed by atoms with van der Waals surface area (Å²) < 4.78 is 32.3. The lowest BCUT2D eigenvalue weighted by atomic mass is 10.1. The molecular weight excluding hydrogens is 400 g/mol. The summed E-state index contributed by atoms with van der Waals surface area (Å²) in [5.41, 5.74) is 3.25. The molecule has 0 aliphatic heterocycles. The summed E-state index contributed by atoms with van der Waals surface area (Å²) in [5, 5.41) is 3.29. The number of nitrogens with zero attached hydrogens (tertiary/aromatic N) is 2. The minimum absolute atomic E-state index is 0.226. The van der Waals surface area contributed by atoms with Gasteiger partial charge >= 0.3 is 0 Å². The number of methoxy groups -OCH3 is 1. The standard InChI is InChI=1S/C22H32N4O3S/c1-5-23-22(26(3)17-19-11-9-18(2)10-12-19)24-16-20-7-6-8-21(15-20)30(27,28)25-13-14-29-4/h6-12,15,25H,5,13-14,16-17H2,1-4H3,(H,23,24). The Morgan fingerprint density at radius 1 is 1.13 bits per heavy atom. The molecule has 7 nitrogen and oxygen atoms in total. The van der Waals surface area contributed by atoms with E-state index in [9.17, 15) is 8.42 Å². The Morgan fingerprint density at radius 2 is 1.87 bits per heavy atom. The Kier molecular flexibility index (Phi) is 9.29. The van der Waals surface area contributed by atoms with E-state index in [1.54, 1.807) is 18.2 Å². The van der Waals surface area contributed by atoms with Crippen LogP contribution < -0.4 is 10.0 Å². The molecule has 2 aromatic carbocycles. The Balaban J connectivity index is 2.11. The van der Waals surface area contributed by atoms with Gasteiger partial charge in [0.15, 0.2) is 5.96 Å². The van der Waals surface area contributed by atoms with E-state index in [1.807, 2.05) is 20.0 Å². The fraction of sp³-hybridized carbons (Fsp3) is 0.409. The number of nitrogens with one attached hydrogen (secondary N) is 2. The van der Waals surface area contributed by atoms with Gasteiger partial charge in [-0.25, -0.2) is 18.1 Å². The third-order valence-electron chi connectivity index (χ3n) is 4.46. The highest BCUT2D eigenvalue weighted by atomic mass is 32.2. The molecule has 0 saturated heterocycles. The van der Waals surface area contributed by atoms with E-state index in [0.29, 0.717) is 13.2 Å².